The quantitative estimate of drug-likeness (QED) is 0.0222. The Bertz CT molecular complexity index is 1800. The number of hydrogen-bond acceptors (Lipinski definition) is 15. The van der Waals surface area contributed by atoms with Crippen molar-refractivity contribution < 1.29 is 80.2 Å². The van der Waals surface area contributed by atoms with E-state index in [0.717, 1.165) is 114 Å². The monoisotopic (exact) mass is 1340 g/mol. The third-order valence-electron chi connectivity index (χ3n) is 17.3. The van der Waals surface area contributed by atoms with E-state index < -0.39 is 97.5 Å². The Morgan fingerprint density at radius 3 is 0.780 bits per heavy atom. The molecule has 0 aliphatic carbocycles. The molecule has 17 nitrogen and oxygen atoms in total. The van der Waals surface area contributed by atoms with Crippen LogP contribution in [-0.2, 0) is 65.4 Å². The van der Waals surface area contributed by atoms with Gasteiger partial charge in [0.15, 0.2) is 12.2 Å². The van der Waals surface area contributed by atoms with E-state index >= 15 is 0 Å². The van der Waals surface area contributed by atoms with Crippen LogP contribution in [0.5, 0.6) is 0 Å². The maximum Gasteiger partial charge on any atom is 0.472 e. The van der Waals surface area contributed by atoms with E-state index in [1.807, 2.05) is 0 Å². The first-order chi connectivity index (χ1) is 43.7. The summed E-state index contributed by atoms with van der Waals surface area (Å²) in [7, 11) is -9.91. The van der Waals surface area contributed by atoms with Crippen LogP contribution in [-0.4, -0.2) is 96.7 Å². The van der Waals surface area contributed by atoms with Crippen LogP contribution in [0.3, 0.4) is 0 Å². The van der Waals surface area contributed by atoms with Crippen molar-refractivity contribution in [3.63, 3.8) is 0 Å². The van der Waals surface area contributed by atoms with Crippen molar-refractivity contribution in [3.8, 4) is 0 Å². The molecular formula is C72H140O17P2. The zero-order valence-corrected chi connectivity index (χ0v) is 61.3. The molecule has 0 heterocycles. The Morgan fingerprint density at radius 1 is 0.308 bits per heavy atom. The number of esters is 4. The van der Waals surface area contributed by atoms with E-state index in [-0.39, 0.29) is 25.7 Å². The van der Waals surface area contributed by atoms with Gasteiger partial charge in [-0.05, 0) is 49.4 Å². The molecule has 0 fully saturated rings. The van der Waals surface area contributed by atoms with Crippen LogP contribution >= 0.6 is 15.6 Å². The number of rotatable bonds is 69. The van der Waals surface area contributed by atoms with Gasteiger partial charge < -0.3 is 33.8 Å². The second-order valence-electron chi connectivity index (χ2n) is 27.4. The van der Waals surface area contributed by atoms with Crippen molar-refractivity contribution in [2.45, 2.75) is 375 Å². The highest BCUT2D eigenvalue weighted by Gasteiger charge is 2.30. The van der Waals surface area contributed by atoms with Gasteiger partial charge in [0.25, 0.3) is 0 Å². The minimum absolute atomic E-state index is 0.102. The molecule has 0 radical (unpaired) electrons. The third-order valence-corrected chi connectivity index (χ3v) is 19.2. The smallest absolute Gasteiger partial charge is 0.462 e. The topological polar surface area (TPSA) is 237 Å². The number of unbranched alkanes of at least 4 members (excludes halogenated alkanes) is 33. The summed E-state index contributed by atoms with van der Waals surface area (Å²) in [5.74, 6) is 0.897. The third kappa shape index (κ3) is 63.9. The second-order valence-corrected chi connectivity index (χ2v) is 30.3. The van der Waals surface area contributed by atoms with Gasteiger partial charge in [-0.15, -0.1) is 0 Å². The number of carbonyl (C=O) groups is 4. The van der Waals surface area contributed by atoms with Crippen LogP contribution in [0.4, 0.5) is 0 Å². The Hall–Kier alpha value is -1.94. The number of ether oxygens (including phenoxy) is 4. The van der Waals surface area contributed by atoms with Gasteiger partial charge in [-0.2, -0.15) is 0 Å². The van der Waals surface area contributed by atoms with Crippen LogP contribution < -0.4 is 0 Å². The van der Waals surface area contributed by atoms with Gasteiger partial charge in [-0.3, -0.25) is 37.3 Å². The predicted octanol–water partition coefficient (Wildman–Crippen LogP) is 20.5. The molecule has 0 rings (SSSR count). The molecule has 3 N–H and O–H groups in total. The van der Waals surface area contributed by atoms with Gasteiger partial charge in [0.05, 0.1) is 26.4 Å². The van der Waals surface area contributed by atoms with Crippen LogP contribution in [0.2, 0.25) is 0 Å². The Kier molecular flexibility index (Phi) is 60.3. The summed E-state index contributed by atoms with van der Waals surface area (Å²) in [5.41, 5.74) is 0. The molecule has 0 aromatic carbocycles. The molecule has 91 heavy (non-hydrogen) atoms. The zero-order chi connectivity index (χ0) is 67.5. The maximum absolute atomic E-state index is 13.0. The molecule has 0 saturated carbocycles. The SMILES string of the molecule is CCC(C)CCCCCCCCCCC(=O)OC[C@H](COP(=O)(O)OCC(O)COP(=O)(O)OC[C@@H](COC(=O)CCCCCCCCCCC(C)C)OC(=O)CCCCCCCCC(C)CC)OC(=O)CCCCCCCCCCCCCCCCCC(C)C. The van der Waals surface area contributed by atoms with Crippen molar-refractivity contribution in [2.24, 2.45) is 23.7 Å². The fourth-order valence-corrected chi connectivity index (χ4v) is 12.4. The minimum Gasteiger partial charge on any atom is -0.462 e. The first kappa shape index (κ1) is 89.1. The molecule has 7 atom stereocenters. The molecular weight excluding hydrogens is 1200 g/mol. The van der Waals surface area contributed by atoms with Gasteiger partial charge in [-0.25, -0.2) is 9.13 Å². The molecule has 0 aliphatic rings. The highest BCUT2D eigenvalue weighted by molar-refractivity contribution is 7.47. The van der Waals surface area contributed by atoms with E-state index in [9.17, 15) is 43.2 Å². The molecule has 0 bridgehead atoms. The largest absolute Gasteiger partial charge is 0.472 e. The molecule has 0 saturated heterocycles. The molecule has 5 unspecified atom stereocenters. The summed E-state index contributed by atoms with van der Waals surface area (Å²) >= 11 is 0. The summed E-state index contributed by atoms with van der Waals surface area (Å²) in [5, 5.41) is 10.6. The molecule has 540 valence electrons. The Labute approximate surface area is 556 Å². The molecule has 0 amide bonds. The molecule has 0 aromatic heterocycles. The first-order valence-corrected chi connectivity index (χ1v) is 40.3. The lowest BCUT2D eigenvalue weighted by Crippen LogP contribution is -2.30. The molecule has 19 heteroatoms. The van der Waals surface area contributed by atoms with Crippen LogP contribution in [0, 0.1) is 23.7 Å². The summed E-state index contributed by atoms with van der Waals surface area (Å²) < 4.78 is 68.3. The lowest BCUT2D eigenvalue weighted by molar-refractivity contribution is -0.161. The van der Waals surface area contributed by atoms with Crippen molar-refractivity contribution >= 4 is 39.5 Å². The second kappa shape index (κ2) is 61.6. The molecule has 0 aliphatic heterocycles. The van der Waals surface area contributed by atoms with Crippen molar-refractivity contribution in [1.82, 2.24) is 0 Å². The fourth-order valence-electron chi connectivity index (χ4n) is 10.8. The average molecular weight is 1340 g/mol. The van der Waals surface area contributed by atoms with Crippen molar-refractivity contribution in [2.75, 3.05) is 39.6 Å². The number of hydrogen-bond donors (Lipinski definition) is 3. The van der Waals surface area contributed by atoms with E-state index in [4.69, 9.17) is 37.0 Å². The number of aliphatic hydroxyl groups is 1. The summed E-state index contributed by atoms with van der Waals surface area (Å²) in [6.45, 7) is 14.1. The van der Waals surface area contributed by atoms with Crippen LogP contribution in [0.15, 0.2) is 0 Å². The van der Waals surface area contributed by atoms with Gasteiger partial charge in [0, 0.05) is 25.7 Å². The summed E-state index contributed by atoms with van der Waals surface area (Å²) in [4.78, 5) is 72.6. The summed E-state index contributed by atoms with van der Waals surface area (Å²) in [6.07, 6.45) is 44.5. The van der Waals surface area contributed by atoms with Gasteiger partial charge in [0.2, 0.25) is 0 Å². The Balaban J connectivity index is 5.24. The van der Waals surface area contributed by atoms with E-state index in [1.54, 1.807) is 0 Å². The standard InChI is InChI=1S/C72H140O17P2/c1-9-64(7)50-42-34-26-21-23-28-37-45-53-70(75)82-58-67(88-71(76)54-46-38-29-19-17-15-13-11-12-14-16-18-24-32-40-48-62(3)4)60-86-90(78,79)84-56-66(73)57-85-91(80,81)87-61-68(89-72(77)55-47-39-31-30-35-43-51-65(8)10-2)59-83-69(74)52-44-36-27-22-20-25-33-41-49-63(5)6/h62-68,73H,9-61H2,1-8H3,(H,78,79)(H,80,81)/t64?,65?,66?,67-,68-/m1/s1. The molecule has 0 spiro atoms. The maximum atomic E-state index is 13.0. The van der Waals surface area contributed by atoms with Crippen molar-refractivity contribution in [1.29, 1.82) is 0 Å². The first-order valence-electron chi connectivity index (χ1n) is 37.3. The predicted molar refractivity (Wildman–Crippen MR) is 367 cm³/mol. The number of phosphoric acid groups is 2. The van der Waals surface area contributed by atoms with E-state index in [1.165, 1.54) is 161 Å². The van der Waals surface area contributed by atoms with E-state index in [2.05, 4.69) is 55.4 Å². The van der Waals surface area contributed by atoms with E-state index in [0.29, 0.717) is 25.7 Å². The average Bonchev–Trinajstić information content (AvgIpc) is 3.00. The Morgan fingerprint density at radius 2 is 0.527 bits per heavy atom. The highest BCUT2D eigenvalue weighted by Crippen LogP contribution is 2.45. The minimum atomic E-state index is -4.95. The lowest BCUT2D eigenvalue weighted by Gasteiger charge is -2.21. The normalized spacial score (nSPS) is 14.8. The highest BCUT2D eigenvalue weighted by atomic mass is 31.2. The van der Waals surface area contributed by atoms with Gasteiger partial charge >= 0.3 is 39.5 Å². The zero-order valence-electron chi connectivity index (χ0n) is 59.5. The van der Waals surface area contributed by atoms with Crippen molar-refractivity contribution in [3.05, 3.63) is 0 Å². The number of carbonyl (C=O) groups excluding carboxylic acids is 4. The van der Waals surface area contributed by atoms with Gasteiger partial charge in [0.1, 0.15) is 19.3 Å². The molecule has 0 aromatic rings. The fraction of sp³-hybridized carbons (Fsp3) is 0.944. The van der Waals surface area contributed by atoms with Crippen LogP contribution in [0.1, 0.15) is 357 Å². The van der Waals surface area contributed by atoms with Crippen LogP contribution in [0.25, 0.3) is 0 Å². The van der Waals surface area contributed by atoms with Gasteiger partial charge in [-0.1, -0.05) is 306 Å². The number of aliphatic hydroxyl groups excluding tert-OH is 1. The number of phosphoric ester groups is 2. The lowest BCUT2D eigenvalue weighted by atomic mass is 9.99. The summed E-state index contributed by atoms with van der Waals surface area (Å²) in [6, 6.07) is 0.